The molecular weight excluding hydrogens is 380 g/mol. The second-order valence-corrected chi connectivity index (χ2v) is 8.23. The number of carbonyl (C=O) groups is 3. The number of carbonyl (C=O) groups excluding carboxylic acids is 3. The molecule has 6 nitrogen and oxygen atoms in total. The van der Waals surface area contributed by atoms with Gasteiger partial charge < -0.3 is 15.0 Å². The lowest BCUT2D eigenvalue weighted by molar-refractivity contribution is -0.122. The molecule has 0 saturated carbocycles. The highest BCUT2D eigenvalue weighted by molar-refractivity contribution is 6.03. The molecule has 1 N–H and O–H groups in total. The van der Waals surface area contributed by atoms with Crippen LogP contribution in [-0.4, -0.2) is 30.9 Å². The van der Waals surface area contributed by atoms with Crippen LogP contribution in [0.3, 0.4) is 0 Å². The topological polar surface area (TPSA) is 75.7 Å². The highest BCUT2D eigenvalue weighted by Crippen LogP contribution is 2.27. The SMILES string of the molecule is Cc1ccc(N2C[C@H](C(=O)Nc3ccc(C(=O)OCC(C)C)cc3)CC2=O)cc1C. The molecule has 0 spiro atoms. The minimum atomic E-state index is -0.421. The van der Waals surface area contributed by atoms with Crippen LogP contribution in [0.4, 0.5) is 11.4 Å². The zero-order chi connectivity index (χ0) is 21.8. The molecule has 0 aromatic heterocycles. The van der Waals surface area contributed by atoms with Gasteiger partial charge in [0, 0.05) is 24.3 Å². The largest absolute Gasteiger partial charge is 0.462 e. The number of aryl methyl sites for hydroxylation is 2. The summed E-state index contributed by atoms with van der Waals surface area (Å²) < 4.78 is 5.20. The van der Waals surface area contributed by atoms with Gasteiger partial charge in [-0.3, -0.25) is 9.59 Å². The van der Waals surface area contributed by atoms with E-state index in [0.29, 0.717) is 24.4 Å². The Morgan fingerprint density at radius 1 is 1.10 bits per heavy atom. The van der Waals surface area contributed by atoms with E-state index in [4.69, 9.17) is 4.74 Å². The van der Waals surface area contributed by atoms with Crippen LogP contribution in [0.15, 0.2) is 42.5 Å². The Kier molecular flexibility index (Phi) is 6.55. The summed E-state index contributed by atoms with van der Waals surface area (Å²) in [6, 6.07) is 12.5. The van der Waals surface area contributed by atoms with Crippen molar-refractivity contribution < 1.29 is 19.1 Å². The number of esters is 1. The summed E-state index contributed by atoms with van der Waals surface area (Å²) in [5, 5.41) is 2.84. The number of amides is 2. The van der Waals surface area contributed by atoms with Crippen molar-refractivity contribution in [2.45, 2.75) is 34.1 Å². The van der Waals surface area contributed by atoms with Crippen LogP contribution >= 0.6 is 0 Å². The number of nitrogens with zero attached hydrogens (tertiary/aromatic N) is 1. The second kappa shape index (κ2) is 9.11. The molecule has 1 aliphatic heterocycles. The van der Waals surface area contributed by atoms with Crippen molar-refractivity contribution in [2.24, 2.45) is 11.8 Å². The van der Waals surface area contributed by atoms with Gasteiger partial charge in [-0.15, -0.1) is 0 Å². The maximum atomic E-state index is 12.7. The summed E-state index contributed by atoms with van der Waals surface area (Å²) in [5.41, 5.74) is 4.11. The van der Waals surface area contributed by atoms with Crippen LogP contribution in [0, 0.1) is 25.7 Å². The highest BCUT2D eigenvalue weighted by atomic mass is 16.5. The van der Waals surface area contributed by atoms with Crippen molar-refractivity contribution in [1.29, 1.82) is 0 Å². The lowest BCUT2D eigenvalue weighted by Gasteiger charge is -2.18. The summed E-state index contributed by atoms with van der Waals surface area (Å²) in [5.74, 6) is -0.793. The van der Waals surface area contributed by atoms with Gasteiger partial charge in [0.15, 0.2) is 0 Å². The minimum absolute atomic E-state index is 0.0540. The first-order valence-electron chi connectivity index (χ1n) is 10.2. The zero-order valence-corrected chi connectivity index (χ0v) is 17.9. The van der Waals surface area contributed by atoms with Gasteiger partial charge in [-0.05, 0) is 67.3 Å². The van der Waals surface area contributed by atoms with Gasteiger partial charge in [0.05, 0.1) is 18.1 Å². The van der Waals surface area contributed by atoms with Crippen molar-refractivity contribution in [3.8, 4) is 0 Å². The number of anilines is 2. The molecule has 1 fully saturated rings. The zero-order valence-electron chi connectivity index (χ0n) is 17.9. The van der Waals surface area contributed by atoms with Gasteiger partial charge in [-0.25, -0.2) is 4.79 Å². The van der Waals surface area contributed by atoms with Gasteiger partial charge in [0.2, 0.25) is 11.8 Å². The molecule has 3 rings (SSSR count). The van der Waals surface area contributed by atoms with Gasteiger partial charge in [-0.1, -0.05) is 19.9 Å². The molecule has 0 bridgehead atoms. The minimum Gasteiger partial charge on any atom is -0.462 e. The first-order valence-corrected chi connectivity index (χ1v) is 10.2. The molecule has 1 saturated heterocycles. The number of rotatable bonds is 6. The highest BCUT2D eigenvalue weighted by Gasteiger charge is 2.35. The fourth-order valence-electron chi connectivity index (χ4n) is 3.29. The van der Waals surface area contributed by atoms with Crippen molar-refractivity contribution >= 4 is 29.2 Å². The summed E-state index contributed by atoms with van der Waals surface area (Å²) in [4.78, 5) is 38.8. The summed E-state index contributed by atoms with van der Waals surface area (Å²) in [6.07, 6.45) is 0.179. The van der Waals surface area contributed by atoms with Gasteiger partial charge in [0.1, 0.15) is 0 Å². The molecule has 30 heavy (non-hydrogen) atoms. The quantitative estimate of drug-likeness (QED) is 0.730. The Labute approximate surface area is 177 Å². The van der Waals surface area contributed by atoms with E-state index in [9.17, 15) is 14.4 Å². The summed E-state index contributed by atoms with van der Waals surface area (Å²) in [6.45, 7) is 8.70. The van der Waals surface area contributed by atoms with E-state index < -0.39 is 5.92 Å². The number of benzene rings is 2. The molecule has 2 aromatic carbocycles. The van der Waals surface area contributed by atoms with E-state index in [1.165, 1.54) is 0 Å². The third-order valence-corrected chi connectivity index (χ3v) is 5.23. The molecule has 1 heterocycles. The van der Waals surface area contributed by atoms with Crippen molar-refractivity contribution in [3.05, 3.63) is 59.2 Å². The predicted octanol–water partition coefficient (Wildman–Crippen LogP) is 4.11. The number of hydrogen-bond acceptors (Lipinski definition) is 4. The third-order valence-electron chi connectivity index (χ3n) is 5.23. The van der Waals surface area contributed by atoms with Gasteiger partial charge >= 0.3 is 5.97 Å². The Bertz CT molecular complexity index is 950. The first-order chi connectivity index (χ1) is 14.2. The van der Waals surface area contributed by atoms with Crippen LogP contribution in [-0.2, 0) is 14.3 Å². The third kappa shape index (κ3) is 5.06. The van der Waals surface area contributed by atoms with Crippen molar-refractivity contribution in [2.75, 3.05) is 23.4 Å². The van der Waals surface area contributed by atoms with Crippen molar-refractivity contribution in [3.63, 3.8) is 0 Å². The normalized spacial score (nSPS) is 16.1. The first kappa shape index (κ1) is 21.6. The Morgan fingerprint density at radius 2 is 1.80 bits per heavy atom. The standard InChI is InChI=1S/C24H28N2O4/c1-15(2)14-30-24(29)18-6-8-20(9-7-18)25-23(28)19-12-22(27)26(13-19)21-10-5-16(3)17(4)11-21/h5-11,15,19H,12-14H2,1-4H3,(H,25,28)/t19-/m1/s1. The lowest BCUT2D eigenvalue weighted by atomic mass is 10.1. The Hall–Kier alpha value is -3.15. The maximum absolute atomic E-state index is 12.7. The number of ether oxygens (including phenoxy) is 1. The molecule has 6 heteroatoms. The van der Waals surface area contributed by atoms with E-state index in [2.05, 4.69) is 5.32 Å². The van der Waals surface area contributed by atoms with E-state index in [-0.39, 0.29) is 30.1 Å². The van der Waals surface area contributed by atoms with Crippen molar-refractivity contribution in [1.82, 2.24) is 0 Å². The molecule has 158 valence electrons. The molecule has 1 atom stereocenters. The van der Waals surface area contributed by atoms with E-state index in [0.717, 1.165) is 16.8 Å². The summed E-state index contributed by atoms with van der Waals surface area (Å²) >= 11 is 0. The Balaban J connectivity index is 1.60. The second-order valence-electron chi connectivity index (χ2n) is 8.23. The van der Waals surface area contributed by atoms with Crippen LogP contribution < -0.4 is 10.2 Å². The average Bonchev–Trinajstić information content (AvgIpc) is 3.10. The number of hydrogen-bond donors (Lipinski definition) is 1. The predicted molar refractivity (Wildman–Crippen MR) is 117 cm³/mol. The fourth-order valence-corrected chi connectivity index (χ4v) is 3.29. The smallest absolute Gasteiger partial charge is 0.338 e. The lowest BCUT2D eigenvalue weighted by Crippen LogP contribution is -2.28. The molecule has 1 aliphatic rings. The van der Waals surface area contributed by atoms with E-state index in [1.807, 2.05) is 45.9 Å². The molecule has 0 unspecified atom stereocenters. The van der Waals surface area contributed by atoms with Crippen LogP contribution in [0.5, 0.6) is 0 Å². The van der Waals surface area contributed by atoms with Gasteiger partial charge in [0.25, 0.3) is 0 Å². The number of nitrogens with one attached hydrogen (secondary N) is 1. The summed E-state index contributed by atoms with van der Waals surface area (Å²) in [7, 11) is 0. The van der Waals surface area contributed by atoms with E-state index >= 15 is 0 Å². The molecule has 0 aliphatic carbocycles. The monoisotopic (exact) mass is 408 g/mol. The van der Waals surface area contributed by atoms with E-state index in [1.54, 1.807) is 29.2 Å². The van der Waals surface area contributed by atoms with Crippen LogP contribution in [0.2, 0.25) is 0 Å². The Morgan fingerprint density at radius 3 is 2.43 bits per heavy atom. The molecular formula is C24H28N2O4. The molecule has 0 radical (unpaired) electrons. The van der Waals surface area contributed by atoms with Crippen LogP contribution in [0.25, 0.3) is 0 Å². The average molecular weight is 408 g/mol. The van der Waals surface area contributed by atoms with Gasteiger partial charge in [-0.2, -0.15) is 0 Å². The molecule has 2 aromatic rings. The van der Waals surface area contributed by atoms with Crippen LogP contribution in [0.1, 0.15) is 41.8 Å². The fraction of sp³-hybridized carbons (Fsp3) is 0.375. The maximum Gasteiger partial charge on any atom is 0.338 e. The molecule has 2 amide bonds.